The second-order valence-electron chi connectivity index (χ2n) is 11.5. The number of Topliss-reactive ketones (excluding diaryl/α,β-unsaturated/α-hetero) is 2. The highest BCUT2D eigenvalue weighted by atomic mass is 16.7. The van der Waals surface area contributed by atoms with Crippen molar-refractivity contribution in [3.05, 3.63) is 138 Å². The summed E-state index contributed by atoms with van der Waals surface area (Å²) in [5, 5.41) is 3.08. The summed E-state index contributed by atoms with van der Waals surface area (Å²) in [4.78, 5) is 46.5. The number of amides is 1. The number of ether oxygens (including phenoxy) is 3. The molecule has 1 N–H and O–H groups in total. The molecule has 8 rings (SSSR count). The molecule has 0 bridgehead atoms. The Morgan fingerprint density at radius 1 is 0.933 bits per heavy atom. The Hall–Kier alpha value is -5.63. The number of ketones is 2. The molecule has 45 heavy (non-hydrogen) atoms. The number of anilines is 1. The summed E-state index contributed by atoms with van der Waals surface area (Å²) in [6.07, 6.45) is 5.42. The summed E-state index contributed by atoms with van der Waals surface area (Å²) in [6, 6.07) is 25.5. The predicted octanol–water partition coefficient (Wildman–Crippen LogP) is 5.96. The van der Waals surface area contributed by atoms with Gasteiger partial charge in [0.25, 0.3) is 0 Å². The molecule has 0 saturated carbocycles. The first-order valence-corrected chi connectivity index (χ1v) is 14.8. The van der Waals surface area contributed by atoms with Gasteiger partial charge in [-0.25, -0.2) is 0 Å². The molecule has 222 valence electrons. The van der Waals surface area contributed by atoms with Crippen molar-refractivity contribution in [2.24, 2.45) is 5.92 Å². The molecule has 1 spiro atoms. The first-order valence-electron chi connectivity index (χ1n) is 14.8. The molecule has 4 aromatic carbocycles. The van der Waals surface area contributed by atoms with Crippen LogP contribution >= 0.6 is 0 Å². The molecule has 4 atom stereocenters. The summed E-state index contributed by atoms with van der Waals surface area (Å²) >= 11 is 0. The van der Waals surface area contributed by atoms with Gasteiger partial charge in [0.05, 0.1) is 12.0 Å². The largest absolute Gasteiger partial charge is 0.490 e. The van der Waals surface area contributed by atoms with E-state index < -0.39 is 23.4 Å². The number of hydrogen-bond acceptors (Lipinski definition) is 7. The van der Waals surface area contributed by atoms with E-state index in [1.807, 2.05) is 65.7 Å². The zero-order chi connectivity index (χ0) is 30.7. The van der Waals surface area contributed by atoms with Gasteiger partial charge in [-0.1, -0.05) is 67.3 Å². The second-order valence-corrected chi connectivity index (χ2v) is 11.5. The van der Waals surface area contributed by atoms with Gasteiger partial charge >= 0.3 is 0 Å². The van der Waals surface area contributed by atoms with E-state index in [-0.39, 0.29) is 30.9 Å². The first kappa shape index (κ1) is 27.0. The van der Waals surface area contributed by atoms with Crippen molar-refractivity contribution < 1.29 is 28.6 Å². The fourth-order valence-electron chi connectivity index (χ4n) is 7.46. The maximum atomic E-state index is 15.1. The van der Waals surface area contributed by atoms with Crippen LogP contribution in [0.15, 0.2) is 110 Å². The Morgan fingerprint density at radius 2 is 1.73 bits per heavy atom. The topological polar surface area (TPSA) is 94.2 Å². The third kappa shape index (κ3) is 3.88. The van der Waals surface area contributed by atoms with Crippen LogP contribution in [-0.4, -0.2) is 41.8 Å². The molecule has 4 aromatic rings. The third-order valence-electron chi connectivity index (χ3n) is 9.27. The standard InChI is InChI=1S/C37H28N2O6/c1-2-18-43-25-10-7-9-23(19-25)33(40)31-32(34(41)24-14-15-29-30(20-24)45-21-44-29)39-17-16-22-8-3-4-11-26(22)35(39)37(31)27-12-5-6-13-28(27)38-36(37)42/h2-17,19-20,31-32,35H,1,18,21H2,(H,38,42)/t31-,32+,35-,37-/m0/s1. The van der Waals surface area contributed by atoms with E-state index in [1.54, 1.807) is 48.5 Å². The van der Waals surface area contributed by atoms with E-state index in [0.29, 0.717) is 39.6 Å². The summed E-state index contributed by atoms with van der Waals surface area (Å²) < 4.78 is 16.9. The van der Waals surface area contributed by atoms with Crippen LogP contribution in [-0.2, 0) is 10.2 Å². The van der Waals surface area contributed by atoms with E-state index in [1.165, 1.54) is 0 Å². The van der Waals surface area contributed by atoms with Crippen LogP contribution in [0.4, 0.5) is 5.69 Å². The number of rotatable bonds is 7. The Bertz CT molecular complexity index is 1950. The van der Waals surface area contributed by atoms with Crippen molar-refractivity contribution in [3.63, 3.8) is 0 Å². The molecule has 1 amide bonds. The molecule has 4 aliphatic rings. The van der Waals surface area contributed by atoms with Crippen LogP contribution in [0.5, 0.6) is 17.2 Å². The molecule has 0 radical (unpaired) electrons. The molecule has 4 heterocycles. The highest BCUT2D eigenvalue weighted by Crippen LogP contribution is 2.62. The Morgan fingerprint density at radius 3 is 2.62 bits per heavy atom. The summed E-state index contributed by atoms with van der Waals surface area (Å²) in [5.74, 6) is -0.544. The highest BCUT2D eigenvalue weighted by Gasteiger charge is 2.70. The molecule has 0 aromatic heterocycles. The average Bonchev–Trinajstić information content (AvgIpc) is 3.76. The van der Waals surface area contributed by atoms with Crippen LogP contribution in [0.25, 0.3) is 6.08 Å². The smallest absolute Gasteiger partial charge is 0.238 e. The van der Waals surface area contributed by atoms with Gasteiger partial charge in [-0.15, -0.1) is 0 Å². The van der Waals surface area contributed by atoms with Crippen molar-refractivity contribution in [2.45, 2.75) is 17.5 Å². The highest BCUT2D eigenvalue weighted by molar-refractivity contribution is 6.16. The van der Waals surface area contributed by atoms with Crippen molar-refractivity contribution in [1.82, 2.24) is 4.90 Å². The SMILES string of the molecule is C=CCOc1cccc(C(=O)[C@@H]2[C@H](C(=O)c3ccc4c(c3)OCO4)N3C=Cc4ccccc4[C@H]3[C@@]23C(=O)Nc2ccccc23)c1. The van der Waals surface area contributed by atoms with Gasteiger partial charge in [0.2, 0.25) is 12.7 Å². The van der Waals surface area contributed by atoms with Crippen molar-refractivity contribution in [2.75, 3.05) is 18.7 Å². The van der Waals surface area contributed by atoms with Gasteiger partial charge in [0.15, 0.2) is 23.1 Å². The first-order chi connectivity index (χ1) is 22.0. The fourth-order valence-corrected chi connectivity index (χ4v) is 7.46. The Kier molecular flexibility index (Phi) is 6.13. The molecule has 1 fully saturated rings. The Balaban J connectivity index is 1.38. The number of benzene rings is 4. The van der Waals surface area contributed by atoms with Crippen LogP contribution in [0.3, 0.4) is 0 Å². The van der Waals surface area contributed by atoms with Gasteiger partial charge in [-0.2, -0.15) is 0 Å². The normalized spacial score (nSPS) is 23.2. The lowest BCUT2D eigenvalue weighted by Gasteiger charge is -2.38. The zero-order valence-corrected chi connectivity index (χ0v) is 24.1. The van der Waals surface area contributed by atoms with E-state index in [2.05, 4.69) is 11.9 Å². The fraction of sp³-hybridized carbons (Fsp3) is 0.162. The zero-order valence-electron chi connectivity index (χ0n) is 24.1. The number of carbonyl (C=O) groups excluding carboxylic acids is 3. The van der Waals surface area contributed by atoms with Gasteiger partial charge in [0.1, 0.15) is 23.8 Å². The molecular formula is C37H28N2O6. The summed E-state index contributed by atoms with van der Waals surface area (Å²) in [7, 11) is 0. The molecular weight excluding hydrogens is 568 g/mol. The maximum Gasteiger partial charge on any atom is 0.238 e. The molecule has 4 aliphatic heterocycles. The maximum absolute atomic E-state index is 15.1. The number of carbonyl (C=O) groups is 3. The number of nitrogens with one attached hydrogen (secondary N) is 1. The lowest BCUT2D eigenvalue weighted by Crippen LogP contribution is -2.49. The van der Waals surface area contributed by atoms with Crippen LogP contribution in [0.2, 0.25) is 0 Å². The van der Waals surface area contributed by atoms with E-state index in [4.69, 9.17) is 14.2 Å². The molecule has 0 unspecified atom stereocenters. The molecule has 8 heteroatoms. The number of fused-ring (bicyclic) bond motifs is 7. The van der Waals surface area contributed by atoms with Gasteiger partial charge in [-0.3, -0.25) is 14.4 Å². The van der Waals surface area contributed by atoms with Crippen LogP contribution in [0, 0.1) is 5.92 Å². The average molecular weight is 597 g/mol. The number of nitrogens with zero attached hydrogens (tertiary/aromatic N) is 1. The van der Waals surface area contributed by atoms with E-state index in [0.717, 1.165) is 11.1 Å². The van der Waals surface area contributed by atoms with Crippen molar-refractivity contribution in [3.8, 4) is 17.2 Å². The van der Waals surface area contributed by atoms with Crippen LogP contribution < -0.4 is 19.5 Å². The lowest BCUT2D eigenvalue weighted by molar-refractivity contribution is -0.122. The quantitative estimate of drug-likeness (QED) is 0.208. The van der Waals surface area contributed by atoms with Crippen molar-refractivity contribution in [1.29, 1.82) is 0 Å². The minimum Gasteiger partial charge on any atom is -0.490 e. The molecule has 1 saturated heterocycles. The monoisotopic (exact) mass is 596 g/mol. The van der Waals surface area contributed by atoms with Gasteiger partial charge in [-0.05, 0) is 59.2 Å². The number of para-hydroxylation sites is 1. The minimum absolute atomic E-state index is 0.0650. The summed E-state index contributed by atoms with van der Waals surface area (Å²) in [6.45, 7) is 4.04. The summed E-state index contributed by atoms with van der Waals surface area (Å²) in [5.41, 5.74) is 2.40. The second kappa shape index (κ2) is 10.2. The molecule has 8 nitrogen and oxygen atoms in total. The lowest BCUT2D eigenvalue weighted by atomic mass is 9.62. The Labute approximate surface area is 259 Å². The molecule has 0 aliphatic carbocycles. The third-order valence-corrected chi connectivity index (χ3v) is 9.27. The minimum atomic E-state index is -1.43. The van der Waals surface area contributed by atoms with Crippen molar-refractivity contribution >= 4 is 29.2 Å². The predicted molar refractivity (Wildman–Crippen MR) is 167 cm³/mol. The van der Waals surface area contributed by atoms with Crippen LogP contribution in [0.1, 0.15) is 43.4 Å². The van der Waals surface area contributed by atoms with E-state index >= 15 is 4.79 Å². The van der Waals surface area contributed by atoms with E-state index in [9.17, 15) is 9.59 Å². The number of hydrogen-bond donors (Lipinski definition) is 1. The van der Waals surface area contributed by atoms with Gasteiger partial charge < -0.3 is 24.4 Å². The van der Waals surface area contributed by atoms with Gasteiger partial charge in [0, 0.05) is 23.0 Å².